The minimum atomic E-state index is -0.930. The molecule has 0 spiro atoms. The molecule has 1 N–H and O–H groups in total. The van der Waals surface area contributed by atoms with Crippen LogP contribution in [0.4, 0.5) is 14.6 Å². The number of pyridine rings is 1. The normalized spacial score (nSPS) is 10.6. The van der Waals surface area contributed by atoms with E-state index in [0.717, 1.165) is 28.8 Å². The third-order valence-electron chi connectivity index (χ3n) is 3.63. The standard InChI is InChI=1S/C19H13ClF2N2O/c1-11-5-7-14(20)13(9-11)12-6-8-17(23-10-12)24-19(25)18-15(21)3-2-4-16(18)22/h2-10H,1H3,(H,23,24,25). The molecule has 0 saturated carbocycles. The number of carbonyl (C=O) groups excluding carboxylic acids is 1. The van der Waals surface area contributed by atoms with E-state index in [1.165, 1.54) is 12.3 Å². The van der Waals surface area contributed by atoms with Gasteiger partial charge in [0.05, 0.1) is 0 Å². The third kappa shape index (κ3) is 3.67. The maximum atomic E-state index is 13.6. The topological polar surface area (TPSA) is 42.0 Å². The molecule has 3 nitrogen and oxygen atoms in total. The smallest absolute Gasteiger partial charge is 0.262 e. The van der Waals surface area contributed by atoms with Gasteiger partial charge in [0.25, 0.3) is 5.91 Å². The number of hydrogen-bond donors (Lipinski definition) is 1. The number of halogens is 3. The number of anilines is 1. The molecule has 0 aliphatic heterocycles. The first-order chi connectivity index (χ1) is 12.0. The molecule has 0 aliphatic rings. The highest BCUT2D eigenvalue weighted by atomic mass is 35.5. The Morgan fingerprint density at radius 1 is 1.08 bits per heavy atom. The highest BCUT2D eigenvalue weighted by molar-refractivity contribution is 6.33. The highest BCUT2D eigenvalue weighted by Gasteiger charge is 2.17. The molecule has 6 heteroatoms. The van der Waals surface area contributed by atoms with E-state index in [0.29, 0.717) is 5.02 Å². The molecule has 0 aliphatic carbocycles. The molecule has 0 bridgehead atoms. The first kappa shape index (κ1) is 17.0. The number of nitrogens with one attached hydrogen (secondary N) is 1. The van der Waals surface area contributed by atoms with E-state index in [1.54, 1.807) is 18.2 Å². The van der Waals surface area contributed by atoms with Crippen LogP contribution in [-0.2, 0) is 0 Å². The van der Waals surface area contributed by atoms with Gasteiger partial charge in [-0.25, -0.2) is 13.8 Å². The molecule has 3 rings (SSSR count). The van der Waals surface area contributed by atoms with E-state index in [9.17, 15) is 13.6 Å². The van der Waals surface area contributed by atoms with Gasteiger partial charge in [-0.2, -0.15) is 0 Å². The minimum Gasteiger partial charge on any atom is -0.306 e. The van der Waals surface area contributed by atoms with Crippen molar-refractivity contribution in [3.05, 3.63) is 82.5 Å². The van der Waals surface area contributed by atoms with Crippen molar-refractivity contribution in [1.82, 2.24) is 4.98 Å². The molecule has 1 aromatic heterocycles. The Labute approximate surface area is 148 Å². The minimum absolute atomic E-state index is 0.181. The predicted molar refractivity (Wildman–Crippen MR) is 93.7 cm³/mol. The van der Waals surface area contributed by atoms with Gasteiger partial charge in [-0.15, -0.1) is 0 Å². The first-order valence-electron chi connectivity index (χ1n) is 7.43. The van der Waals surface area contributed by atoms with E-state index >= 15 is 0 Å². The van der Waals surface area contributed by atoms with Crippen LogP contribution < -0.4 is 5.32 Å². The van der Waals surface area contributed by atoms with Crippen LogP contribution in [0.1, 0.15) is 15.9 Å². The van der Waals surface area contributed by atoms with E-state index in [1.807, 2.05) is 19.1 Å². The van der Waals surface area contributed by atoms with Crippen LogP contribution in [0.25, 0.3) is 11.1 Å². The van der Waals surface area contributed by atoms with Crippen molar-refractivity contribution < 1.29 is 13.6 Å². The van der Waals surface area contributed by atoms with Gasteiger partial charge >= 0.3 is 0 Å². The van der Waals surface area contributed by atoms with Gasteiger partial charge in [-0.1, -0.05) is 29.3 Å². The van der Waals surface area contributed by atoms with Crippen LogP contribution in [0.2, 0.25) is 5.02 Å². The van der Waals surface area contributed by atoms with Crippen molar-refractivity contribution in [1.29, 1.82) is 0 Å². The van der Waals surface area contributed by atoms with Crippen molar-refractivity contribution in [2.75, 3.05) is 5.32 Å². The number of nitrogens with zero attached hydrogens (tertiary/aromatic N) is 1. The van der Waals surface area contributed by atoms with Gasteiger partial charge in [0.15, 0.2) is 0 Å². The molecular formula is C19H13ClF2N2O. The summed E-state index contributed by atoms with van der Waals surface area (Å²) >= 11 is 6.19. The molecule has 0 fully saturated rings. The zero-order valence-electron chi connectivity index (χ0n) is 13.2. The molecule has 0 radical (unpaired) electrons. The second-order valence-electron chi connectivity index (χ2n) is 5.47. The number of hydrogen-bond acceptors (Lipinski definition) is 2. The Bertz CT molecular complexity index is 922. The quantitative estimate of drug-likeness (QED) is 0.695. The van der Waals surface area contributed by atoms with Crippen LogP contribution >= 0.6 is 11.6 Å². The molecule has 1 amide bonds. The summed E-state index contributed by atoms with van der Waals surface area (Å²) in [4.78, 5) is 16.2. The SMILES string of the molecule is Cc1ccc(Cl)c(-c2ccc(NC(=O)c3c(F)cccc3F)nc2)c1. The van der Waals surface area contributed by atoms with Crippen LogP contribution in [-0.4, -0.2) is 10.9 Å². The Balaban J connectivity index is 1.84. The second kappa shape index (κ2) is 6.99. The zero-order valence-corrected chi connectivity index (χ0v) is 13.9. The Kier molecular flexibility index (Phi) is 4.76. The molecule has 0 atom stereocenters. The maximum absolute atomic E-state index is 13.6. The van der Waals surface area contributed by atoms with Gasteiger partial charge < -0.3 is 5.32 Å². The predicted octanol–water partition coefficient (Wildman–Crippen LogP) is 5.24. The third-order valence-corrected chi connectivity index (χ3v) is 3.96. The van der Waals surface area contributed by atoms with E-state index in [2.05, 4.69) is 10.3 Å². The van der Waals surface area contributed by atoms with Crippen molar-refractivity contribution in [2.24, 2.45) is 0 Å². The van der Waals surface area contributed by atoms with Crippen molar-refractivity contribution in [2.45, 2.75) is 6.92 Å². The van der Waals surface area contributed by atoms with Gasteiger partial charge in [0.2, 0.25) is 0 Å². The van der Waals surface area contributed by atoms with Gasteiger partial charge in [0.1, 0.15) is 23.0 Å². The lowest BCUT2D eigenvalue weighted by Gasteiger charge is -2.09. The summed E-state index contributed by atoms with van der Waals surface area (Å²) in [7, 11) is 0. The fraction of sp³-hybridized carbons (Fsp3) is 0.0526. The lowest BCUT2D eigenvalue weighted by Crippen LogP contribution is -2.16. The average molecular weight is 359 g/mol. The number of amides is 1. The highest BCUT2D eigenvalue weighted by Crippen LogP contribution is 2.28. The van der Waals surface area contributed by atoms with Crippen molar-refractivity contribution in [3.63, 3.8) is 0 Å². The summed E-state index contributed by atoms with van der Waals surface area (Å²) in [5.41, 5.74) is 1.98. The lowest BCUT2D eigenvalue weighted by molar-refractivity contribution is 0.101. The summed E-state index contributed by atoms with van der Waals surface area (Å²) < 4.78 is 27.3. The molecule has 25 heavy (non-hydrogen) atoms. The molecule has 1 heterocycles. The van der Waals surface area contributed by atoms with E-state index < -0.39 is 23.1 Å². The molecule has 3 aromatic rings. The van der Waals surface area contributed by atoms with Gasteiger partial charge in [-0.3, -0.25) is 4.79 Å². The van der Waals surface area contributed by atoms with Crippen molar-refractivity contribution >= 4 is 23.3 Å². The summed E-state index contributed by atoms with van der Waals surface area (Å²) in [5, 5.41) is 2.96. The number of carbonyl (C=O) groups is 1. The summed E-state index contributed by atoms with van der Waals surface area (Å²) in [6.07, 6.45) is 1.54. The largest absolute Gasteiger partial charge is 0.306 e. The summed E-state index contributed by atoms with van der Waals surface area (Å²) in [5.74, 6) is -2.58. The monoisotopic (exact) mass is 358 g/mol. The maximum Gasteiger partial charge on any atom is 0.262 e. The fourth-order valence-corrected chi connectivity index (χ4v) is 2.61. The van der Waals surface area contributed by atoms with Gasteiger partial charge in [-0.05, 0) is 43.3 Å². The van der Waals surface area contributed by atoms with Crippen LogP contribution in [0.5, 0.6) is 0 Å². The summed E-state index contributed by atoms with van der Waals surface area (Å²) in [6.45, 7) is 1.95. The fourth-order valence-electron chi connectivity index (χ4n) is 2.38. The number of benzene rings is 2. The van der Waals surface area contributed by atoms with Crippen LogP contribution in [0.3, 0.4) is 0 Å². The Morgan fingerprint density at radius 3 is 2.44 bits per heavy atom. The molecule has 0 unspecified atom stereocenters. The number of aromatic nitrogens is 1. The molecule has 2 aromatic carbocycles. The Morgan fingerprint density at radius 2 is 1.80 bits per heavy atom. The van der Waals surface area contributed by atoms with E-state index in [4.69, 9.17) is 11.6 Å². The van der Waals surface area contributed by atoms with Crippen molar-refractivity contribution in [3.8, 4) is 11.1 Å². The zero-order chi connectivity index (χ0) is 18.0. The second-order valence-corrected chi connectivity index (χ2v) is 5.87. The van der Waals surface area contributed by atoms with Crippen LogP contribution in [0, 0.1) is 18.6 Å². The first-order valence-corrected chi connectivity index (χ1v) is 7.81. The number of aryl methyl sites for hydroxylation is 1. The summed E-state index contributed by atoms with van der Waals surface area (Å²) in [6, 6.07) is 12.1. The average Bonchev–Trinajstić information content (AvgIpc) is 2.58. The Hall–Kier alpha value is -2.79. The van der Waals surface area contributed by atoms with Crippen LogP contribution in [0.15, 0.2) is 54.7 Å². The molecule has 126 valence electrons. The number of rotatable bonds is 3. The lowest BCUT2D eigenvalue weighted by atomic mass is 10.1. The molecule has 0 saturated heterocycles. The van der Waals surface area contributed by atoms with Gasteiger partial charge in [0, 0.05) is 22.3 Å². The van der Waals surface area contributed by atoms with E-state index in [-0.39, 0.29) is 5.82 Å². The molecular weight excluding hydrogens is 346 g/mol.